The van der Waals surface area contributed by atoms with Crippen molar-refractivity contribution >= 4 is 57.0 Å². The van der Waals surface area contributed by atoms with Crippen LogP contribution in [0.25, 0.3) is 0 Å². The highest BCUT2D eigenvalue weighted by Gasteiger charge is 2.06. The number of nitrogens with zero attached hydrogens (tertiary/aromatic N) is 1. The first-order chi connectivity index (χ1) is 7.70. The highest BCUT2D eigenvalue weighted by atomic mass is 35.5. The number of rotatable bonds is 3. The summed E-state index contributed by atoms with van der Waals surface area (Å²) < 4.78 is 0. The number of thiazole rings is 1. The maximum Gasteiger partial charge on any atom is 0.187 e. The fourth-order valence-electron chi connectivity index (χ4n) is 1.14. The number of benzene rings is 1. The quantitative estimate of drug-likeness (QED) is 0.811. The van der Waals surface area contributed by atoms with Crippen molar-refractivity contribution in [2.45, 2.75) is 5.88 Å². The van der Waals surface area contributed by atoms with Gasteiger partial charge in [0, 0.05) is 5.38 Å². The Balaban J connectivity index is 2.23. The molecule has 1 N–H and O–H groups in total. The molecule has 0 aliphatic carbocycles. The van der Waals surface area contributed by atoms with Crippen LogP contribution in [0.15, 0.2) is 23.6 Å². The molecule has 0 unspecified atom stereocenters. The number of halogens is 3. The molecule has 16 heavy (non-hydrogen) atoms. The molecule has 2 rings (SSSR count). The lowest BCUT2D eigenvalue weighted by Crippen LogP contribution is -1.91. The monoisotopic (exact) mass is 292 g/mol. The van der Waals surface area contributed by atoms with Gasteiger partial charge in [0.1, 0.15) is 0 Å². The molecule has 1 aromatic carbocycles. The average Bonchev–Trinajstić information content (AvgIpc) is 2.73. The maximum atomic E-state index is 6.04. The normalized spacial score (nSPS) is 10.4. The molecule has 0 atom stereocenters. The molecule has 0 aliphatic heterocycles. The van der Waals surface area contributed by atoms with Crippen molar-refractivity contribution in [2.75, 3.05) is 5.32 Å². The van der Waals surface area contributed by atoms with Gasteiger partial charge < -0.3 is 5.32 Å². The number of alkyl halides is 1. The Morgan fingerprint density at radius 2 is 2.12 bits per heavy atom. The van der Waals surface area contributed by atoms with E-state index in [4.69, 9.17) is 34.8 Å². The van der Waals surface area contributed by atoms with Crippen LogP contribution < -0.4 is 5.32 Å². The van der Waals surface area contributed by atoms with E-state index in [1.165, 1.54) is 11.3 Å². The Morgan fingerprint density at radius 1 is 1.31 bits per heavy atom. The van der Waals surface area contributed by atoms with Gasteiger partial charge in [-0.3, -0.25) is 0 Å². The smallest absolute Gasteiger partial charge is 0.187 e. The summed E-state index contributed by atoms with van der Waals surface area (Å²) in [5.41, 5.74) is 1.58. The zero-order valence-electron chi connectivity index (χ0n) is 8.01. The van der Waals surface area contributed by atoms with Crippen LogP contribution in [0, 0.1) is 0 Å². The van der Waals surface area contributed by atoms with E-state index in [9.17, 15) is 0 Å². The predicted molar refractivity (Wildman–Crippen MR) is 71.4 cm³/mol. The van der Waals surface area contributed by atoms with Crippen LogP contribution in [-0.4, -0.2) is 4.98 Å². The first-order valence-electron chi connectivity index (χ1n) is 4.42. The average molecular weight is 294 g/mol. The second-order valence-corrected chi connectivity index (χ2v) is 4.91. The van der Waals surface area contributed by atoms with Crippen LogP contribution >= 0.6 is 46.1 Å². The van der Waals surface area contributed by atoms with Gasteiger partial charge in [0.2, 0.25) is 0 Å². The number of nitrogens with one attached hydrogen (secondary N) is 1. The standard InChI is InChI=1S/C10H7Cl3N2S/c11-4-6-5-16-10(14-6)15-8-3-1-2-7(12)9(8)13/h1-3,5H,4H2,(H,14,15). The highest BCUT2D eigenvalue weighted by molar-refractivity contribution is 7.13. The molecule has 0 radical (unpaired) electrons. The molecule has 0 amide bonds. The molecule has 2 aromatic rings. The van der Waals surface area contributed by atoms with Crippen molar-refractivity contribution in [2.24, 2.45) is 0 Å². The lowest BCUT2D eigenvalue weighted by Gasteiger charge is -2.05. The van der Waals surface area contributed by atoms with Crippen LogP contribution in [0.1, 0.15) is 5.69 Å². The van der Waals surface area contributed by atoms with Crippen LogP contribution in [0.3, 0.4) is 0 Å². The van der Waals surface area contributed by atoms with Gasteiger partial charge in [0.15, 0.2) is 5.13 Å². The Morgan fingerprint density at radius 3 is 2.81 bits per heavy atom. The van der Waals surface area contributed by atoms with E-state index in [2.05, 4.69) is 10.3 Å². The van der Waals surface area contributed by atoms with Gasteiger partial charge in [-0.05, 0) is 12.1 Å². The van der Waals surface area contributed by atoms with Crippen molar-refractivity contribution in [1.82, 2.24) is 4.98 Å². The van der Waals surface area contributed by atoms with E-state index < -0.39 is 0 Å². The molecule has 84 valence electrons. The fourth-order valence-corrected chi connectivity index (χ4v) is 2.44. The number of aromatic nitrogens is 1. The minimum atomic E-state index is 0.404. The van der Waals surface area contributed by atoms with Gasteiger partial charge >= 0.3 is 0 Å². The molecule has 6 heteroatoms. The summed E-state index contributed by atoms with van der Waals surface area (Å²) in [6.07, 6.45) is 0. The minimum absolute atomic E-state index is 0.404. The third-order valence-electron chi connectivity index (χ3n) is 1.88. The first kappa shape index (κ1) is 12.0. The SMILES string of the molecule is ClCc1csc(Nc2cccc(Cl)c2Cl)n1. The van der Waals surface area contributed by atoms with E-state index in [0.717, 1.165) is 16.5 Å². The van der Waals surface area contributed by atoms with E-state index >= 15 is 0 Å². The zero-order valence-corrected chi connectivity index (χ0v) is 11.1. The molecule has 0 bridgehead atoms. The molecule has 1 aromatic heterocycles. The fraction of sp³-hybridized carbons (Fsp3) is 0.100. The van der Waals surface area contributed by atoms with Crippen molar-refractivity contribution < 1.29 is 0 Å². The zero-order chi connectivity index (χ0) is 11.5. The van der Waals surface area contributed by atoms with Gasteiger partial charge in [-0.15, -0.1) is 22.9 Å². The van der Waals surface area contributed by atoms with Crippen molar-refractivity contribution in [3.63, 3.8) is 0 Å². The molecular weight excluding hydrogens is 287 g/mol. The van der Waals surface area contributed by atoms with Gasteiger partial charge in [-0.1, -0.05) is 29.3 Å². The second-order valence-electron chi connectivity index (χ2n) is 3.00. The Hall–Kier alpha value is -0.480. The van der Waals surface area contributed by atoms with Crippen LogP contribution in [0.2, 0.25) is 10.0 Å². The lowest BCUT2D eigenvalue weighted by molar-refractivity contribution is 1.22. The molecule has 1 heterocycles. The van der Waals surface area contributed by atoms with Crippen LogP contribution in [0.4, 0.5) is 10.8 Å². The molecule has 0 fully saturated rings. The first-order valence-corrected chi connectivity index (χ1v) is 6.59. The summed E-state index contributed by atoms with van der Waals surface area (Å²) in [4.78, 5) is 4.27. The van der Waals surface area contributed by atoms with Gasteiger partial charge in [0.05, 0.1) is 27.3 Å². The van der Waals surface area contributed by atoms with Crippen LogP contribution in [-0.2, 0) is 5.88 Å². The molecule has 0 aliphatic rings. The summed E-state index contributed by atoms with van der Waals surface area (Å²) in [5, 5.41) is 6.75. The Labute approximate surface area is 112 Å². The van der Waals surface area contributed by atoms with Gasteiger partial charge in [-0.2, -0.15) is 0 Å². The predicted octanol–water partition coefficient (Wildman–Crippen LogP) is 4.93. The van der Waals surface area contributed by atoms with Gasteiger partial charge in [-0.25, -0.2) is 4.98 Å². The Kier molecular flexibility index (Phi) is 3.92. The molecule has 2 nitrogen and oxygen atoms in total. The second kappa shape index (κ2) is 5.23. The largest absolute Gasteiger partial charge is 0.330 e. The van der Waals surface area contributed by atoms with Crippen molar-refractivity contribution in [1.29, 1.82) is 0 Å². The van der Waals surface area contributed by atoms with E-state index in [-0.39, 0.29) is 0 Å². The molecule has 0 spiro atoms. The van der Waals surface area contributed by atoms with Crippen molar-refractivity contribution in [3.8, 4) is 0 Å². The molecule has 0 saturated heterocycles. The van der Waals surface area contributed by atoms with E-state index in [1.807, 2.05) is 17.5 Å². The summed E-state index contributed by atoms with van der Waals surface area (Å²) in [5.74, 6) is 0.404. The van der Waals surface area contributed by atoms with Crippen molar-refractivity contribution in [3.05, 3.63) is 39.3 Å². The van der Waals surface area contributed by atoms with Gasteiger partial charge in [0.25, 0.3) is 0 Å². The topological polar surface area (TPSA) is 24.9 Å². The van der Waals surface area contributed by atoms with E-state index in [1.54, 1.807) is 6.07 Å². The maximum absolute atomic E-state index is 6.04. The summed E-state index contributed by atoms with van der Waals surface area (Å²) in [7, 11) is 0. The Bertz CT molecular complexity index is 499. The van der Waals surface area contributed by atoms with E-state index in [0.29, 0.717) is 15.9 Å². The minimum Gasteiger partial charge on any atom is -0.330 e. The highest BCUT2D eigenvalue weighted by Crippen LogP contribution is 2.32. The molecule has 0 saturated carbocycles. The molecular formula is C10H7Cl3N2S. The summed E-state index contributed by atoms with van der Waals surface area (Å²) >= 11 is 19.1. The van der Waals surface area contributed by atoms with Crippen LogP contribution in [0.5, 0.6) is 0 Å². The summed E-state index contributed by atoms with van der Waals surface area (Å²) in [6.45, 7) is 0. The lowest BCUT2D eigenvalue weighted by atomic mass is 10.3. The third kappa shape index (κ3) is 2.61. The number of anilines is 2. The number of hydrogen-bond donors (Lipinski definition) is 1. The summed E-state index contributed by atoms with van der Waals surface area (Å²) in [6, 6.07) is 5.41. The third-order valence-corrected chi connectivity index (χ3v) is 3.78. The number of hydrogen-bond acceptors (Lipinski definition) is 3.